The maximum Gasteiger partial charge on any atom is 0.0613 e. The first-order valence-corrected chi connectivity index (χ1v) is 7.32. The van der Waals surface area contributed by atoms with Crippen molar-refractivity contribution in [3.63, 3.8) is 0 Å². The fraction of sp³-hybridized carbons (Fsp3) is 1.00. The second kappa shape index (κ2) is 5.68. The molecule has 1 saturated carbocycles. The molecule has 0 amide bonds. The van der Waals surface area contributed by atoms with Gasteiger partial charge in [-0.15, -0.1) is 0 Å². The van der Waals surface area contributed by atoms with Crippen LogP contribution >= 0.6 is 0 Å². The molecule has 1 heterocycles. The molecule has 2 N–H and O–H groups in total. The molecule has 2 rings (SSSR count). The quantitative estimate of drug-likeness (QED) is 0.768. The van der Waals surface area contributed by atoms with Crippen LogP contribution < -0.4 is 5.32 Å². The van der Waals surface area contributed by atoms with Crippen molar-refractivity contribution in [3.8, 4) is 0 Å². The van der Waals surface area contributed by atoms with E-state index >= 15 is 0 Å². The van der Waals surface area contributed by atoms with E-state index in [-0.39, 0.29) is 5.54 Å². The summed E-state index contributed by atoms with van der Waals surface area (Å²) in [6, 6.07) is 1.45. The van der Waals surface area contributed by atoms with Gasteiger partial charge in [-0.1, -0.05) is 6.92 Å². The summed E-state index contributed by atoms with van der Waals surface area (Å²) in [5.41, 5.74) is 0.0169. The van der Waals surface area contributed by atoms with E-state index in [0.29, 0.717) is 12.6 Å². The van der Waals surface area contributed by atoms with E-state index in [1.54, 1.807) is 0 Å². The third-order valence-electron chi connectivity index (χ3n) is 4.71. The van der Waals surface area contributed by atoms with Gasteiger partial charge in [-0.05, 0) is 58.5 Å². The second-order valence-electron chi connectivity index (χ2n) is 5.99. The first kappa shape index (κ1) is 13.3. The van der Waals surface area contributed by atoms with Crippen LogP contribution in [0.2, 0.25) is 0 Å². The second-order valence-corrected chi connectivity index (χ2v) is 5.99. The highest BCUT2D eigenvalue weighted by atomic mass is 16.3. The van der Waals surface area contributed by atoms with Crippen LogP contribution in [0.15, 0.2) is 0 Å². The smallest absolute Gasteiger partial charge is 0.0613 e. The summed E-state index contributed by atoms with van der Waals surface area (Å²) in [6.07, 6.45) is 7.37. The highest BCUT2D eigenvalue weighted by Crippen LogP contribution is 2.36. The van der Waals surface area contributed by atoms with Gasteiger partial charge in [-0.25, -0.2) is 0 Å². The maximum atomic E-state index is 9.69. The van der Waals surface area contributed by atoms with Gasteiger partial charge < -0.3 is 10.4 Å². The van der Waals surface area contributed by atoms with Crippen LogP contribution in [-0.2, 0) is 0 Å². The predicted molar refractivity (Wildman–Crippen MR) is 71.2 cm³/mol. The van der Waals surface area contributed by atoms with Gasteiger partial charge in [0.25, 0.3) is 0 Å². The molecule has 0 spiro atoms. The maximum absolute atomic E-state index is 9.69. The lowest BCUT2D eigenvalue weighted by Crippen LogP contribution is -2.48. The molecule has 0 radical (unpaired) electrons. The Balaban J connectivity index is 1.92. The number of hydrogen-bond acceptors (Lipinski definition) is 3. The predicted octanol–water partition coefficient (Wildman–Crippen LogP) is 1.75. The van der Waals surface area contributed by atoms with Crippen LogP contribution in [0.4, 0.5) is 0 Å². The summed E-state index contributed by atoms with van der Waals surface area (Å²) in [4.78, 5) is 2.67. The van der Waals surface area contributed by atoms with Gasteiger partial charge in [0.15, 0.2) is 0 Å². The zero-order chi connectivity index (χ0) is 12.3. The van der Waals surface area contributed by atoms with Crippen LogP contribution in [-0.4, -0.2) is 47.3 Å². The van der Waals surface area contributed by atoms with E-state index in [0.717, 1.165) is 31.8 Å². The first-order chi connectivity index (χ1) is 8.21. The van der Waals surface area contributed by atoms with Crippen molar-refractivity contribution < 1.29 is 5.11 Å². The summed E-state index contributed by atoms with van der Waals surface area (Å²) >= 11 is 0. The summed E-state index contributed by atoms with van der Waals surface area (Å²) in [5, 5.41) is 13.3. The van der Waals surface area contributed by atoms with Crippen LogP contribution in [0, 0.1) is 0 Å². The molecule has 17 heavy (non-hydrogen) atoms. The van der Waals surface area contributed by atoms with Crippen molar-refractivity contribution in [2.24, 2.45) is 0 Å². The largest absolute Gasteiger partial charge is 0.394 e. The molecular formula is C14H28N2O. The fourth-order valence-corrected chi connectivity index (χ4v) is 3.63. The minimum absolute atomic E-state index is 0.0169. The van der Waals surface area contributed by atoms with Gasteiger partial charge >= 0.3 is 0 Å². The number of nitrogens with one attached hydrogen (secondary N) is 1. The molecule has 3 nitrogen and oxygen atoms in total. The van der Waals surface area contributed by atoms with E-state index < -0.39 is 0 Å². The third-order valence-corrected chi connectivity index (χ3v) is 4.71. The number of rotatable bonds is 5. The van der Waals surface area contributed by atoms with Crippen LogP contribution in [0.5, 0.6) is 0 Å². The molecule has 3 unspecified atom stereocenters. The number of nitrogens with zero attached hydrogens (tertiary/aromatic N) is 1. The zero-order valence-corrected chi connectivity index (χ0v) is 11.4. The van der Waals surface area contributed by atoms with Gasteiger partial charge in [0.1, 0.15) is 0 Å². The van der Waals surface area contributed by atoms with Crippen molar-refractivity contribution in [1.29, 1.82) is 0 Å². The van der Waals surface area contributed by atoms with Crippen LogP contribution in [0.25, 0.3) is 0 Å². The standard InChI is InChI=1S/C14H28N2O/c1-3-8-15-14(11-17)7-6-13(10-14)16-9-4-5-12(16)2/h12-13,15,17H,3-11H2,1-2H3. The summed E-state index contributed by atoms with van der Waals surface area (Å²) < 4.78 is 0. The molecule has 2 fully saturated rings. The van der Waals surface area contributed by atoms with E-state index in [2.05, 4.69) is 24.1 Å². The van der Waals surface area contributed by atoms with Crippen molar-refractivity contribution in [2.75, 3.05) is 19.7 Å². The zero-order valence-electron chi connectivity index (χ0n) is 11.4. The lowest BCUT2D eigenvalue weighted by molar-refractivity contribution is 0.140. The number of likely N-dealkylation sites (tertiary alicyclic amines) is 1. The lowest BCUT2D eigenvalue weighted by Gasteiger charge is -2.32. The Morgan fingerprint density at radius 2 is 2.24 bits per heavy atom. The van der Waals surface area contributed by atoms with E-state index in [1.807, 2.05) is 0 Å². The van der Waals surface area contributed by atoms with Crippen LogP contribution in [0.3, 0.4) is 0 Å². The topological polar surface area (TPSA) is 35.5 Å². The van der Waals surface area contributed by atoms with Crippen molar-refractivity contribution >= 4 is 0 Å². The highest BCUT2D eigenvalue weighted by Gasteiger charge is 2.42. The molecule has 2 aliphatic rings. The molecule has 0 aromatic heterocycles. The SMILES string of the molecule is CCCNC1(CO)CCC(N2CCCC2C)C1. The molecule has 1 aliphatic carbocycles. The molecule has 0 aromatic carbocycles. The molecule has 1 aliphatic heterocycles. The van der Waals surface area contributed by atoms with Gasteiger partial charge in [-0.3, -0.25) is 4.90 Å². The summed E-state index contributed by atoms with van der Waals surface area (Å²) in [7, 11) is 0. The van der Waals surface area contributed by atoms with E-state index in [9.17, 15) is 5.11 Å². The average molecular weight is 240 g/mol. The number of aliphatic hydroxyl groups is 1. The lowest BCUT2D eigenvalue weighted by atomic mass is 9.98. The van der Waals surface area contributed by atoms with Gasteiger partial charge in [0.05, 0.1) is 6.61 Å². The Labute approximate surface area is 106 Å². The molecular weight excluding hydrogens is 212 g/mol. The molecule has 1 saturated heterocycles. The highest BCUT2D eigenvalue weighted by molar-refractivity contribution is 5.00. The molecule has 3 heteroatoms. The Morgan fingerprint density at radius 1 is 1.41 bits per heavy atom. The number of aliphatic hydroxyl groups excluding tert-OH is 1. The van der Waals surface area contributed by atoms with E-state index in [1.165, 1.54) is 25.8 Å². The normalized spacial score (nSPS) is 39.0. The Bertz CT molecular complexity index is 246. The molecule has 0 aromatic rings. The van der Waals surface area contributed by atoms with Gasteiger partial charge in [0, 0.05) is 17.6 Å². The monoisotopic (exact) mass is 240 g/mol. The van der Waals surface area contributed by atoms with E-state index in [4.69, 9.17) is 0 Å². The Morgan fingerprint density at radius 3 is 2.82 bits per heavy atom. The van der Waals surface area contributed by atoms with Crippen LogP contribution in [0.1, 0.15) is 52.4 Å². The van der Waals surface area contributed by atoms with Crippen molar-refractivity contribution in [3.05, 3.63) is 0 Å². The Kier molecular flexibility index (Phi) is 4.45. The molecule has 100 valence electrons. The minimum Gasteiger partial charge on any atom is -0.394 e. The molecule has 3 atom stereocenters. The molecule has 0 bridgehead atoms. The summed E-state index contributed by atoms with van der Waals surface area (Å²) in [5.74, 6) is 0. The first-order valence-electron chi connectivity index (χ1n) is 7.32. The third kappa shape index (κ3) is 2.83. The van der Waals surface area contributed by atoms with Gasteiger partial charge in [0.2, 0.25) is 0 Å². The fourth-order valence-electron chi connectivity index (χ4n) is 3.63. The van der Waals surface area contributed by atoms with Gasteiger partial charge in [-0.2, -0.15) is 0 Å². The summed E-state index contributed by atoms with van der Waals surface area (Å²) in [6.45, 7) is 7.13. The van der Waals surface area contributed by atoms with Crippen molar-refractivity contribution in [2.45, 2.75) is 70.0 Å². The minimum atomic E-state index is 0.0169. The van der Waals surface area contributed by atoms with Crippen molar-refractivity contribution in [1.82, 2.24) is 10.2 Å². The average Bonchev–Trinajstić information content (AvgIpc) is 2.93. The number of hydrogen-bond donors (Lipinski definition) is 2. The Hall–Kier alpha value is -0.120.